The van der Waals surface area contributed by atoms with E-state index in [1.165, 1.54) is 12.1 Å². The lowest BCUT2D eigenvalue weighted by atomic mass is 9.89. The molecule has 6 nitrogen and oxygen atoms in total. The van der Waals surface area contributed by atoms with Crippen molar-refractivity contribution >= 4 is 39.5 Å². The molecule has 1 aliphatic heterocycles. The standard InChI is InChI=1S/C21H22FN3O3S.ClH/c22-15-2-1-3-16(11-15)24-17-12-23-20(19-14-5-4-13(10-14)18(17)19)21(26)25-6-8-29(27,28)9-7-25;/h1-3,11-14,24H,4-10H2;1H. The lowest BCUT2D eigenvalue weighted by Crippen LogP contribution is -2.44. The molecule has 1 saturated heterocycles. The number of aromatic nitrogens is 1. The molecule has 1 amide bonds. The summed E-state index contributed by atoms with van der Waals surface area (Å²) in [6.07, 6.45) is 4.79. The Morgan fingerprint density at radius 1 is 1.13 bits per heavy atom. The molecule has 0 spiro atoms. The molecule has 9 heteroatoms. The van der Waals surface area contributed by atoms with Crippen LogP contribution in [-0.2, 0) is 9.84 Å². The predicted molar refractivity (Wildman–Crippen MR) is 115 cm³/mol. The number of anilines is 2. The van der Waals surface area contributed by atoms with Gasteiger partial charge in [0.05, 0.1) is 23.4 Å². The van der Waals surface area contributed by atoms with Gasteiger partial charge in [-0.15, -0.1) is 12.4 Å². The van der Waals surface area contributed by atoms with Crippen molar-refractivity contribution in [3.8, 4) is 0 Å². The van der Waals surface area contributed by atoms with Crippen LogP contribution >= 0.6 is 12.4 Å². The Labute approximate surface area is 181 Å². The first-order valence-electron chi connectivity index (χ1n) is 9.96. The summed E-state index contributed by atoms with van der Waals surface area (Å²) in [7, 11) is -3.05. The van der Waals surface area contributed by atoms with Gasteiger partial charge in [-0.2, -0.15) is 0 Å². The first kappa shape index (κ1) is 21.1. The Hall–Kier alpha value is -2.19. The van der Waals surface area contributed by atoms with Crippen LogP contribution in [0.4, 0.5) is 15.8 Å². The van der Waals surface area contributed by atoms with Gasteiger partial charge in [-0.1, -0.05) is 6.07 Å². The Balaban J connectivity index is 0.00000218. The summed E-state index contributed by atoms with van der Waals surface area (Å²) in [6, 6.07) is 6.29. The number of sulfone groups is 1. The summed E-state index contributed by atoms with van der Waals surface area (Å²) < 4.78 is 37.0. The van der Waals surface area contributed by atoms with Crippen LogP contribution in [0.15, 0.2) is 30.5 Å². The van der Waals surface area contributed by atoms with Gasteiger partial charge < -0.3 is 10.2 Å². The highest BCUT2D eigenvalue weighted by Gasteiger charge is 2.42. The molecule has 1 saturated carbocycles. The third-order valence-corrected chi connectivity index (χ3v) is 7.95. The largest absolute Gasteiger partial charge is 0.354 e. The molecule has 1 aromatic heterocycles. The van der Waals surface area contributed by atoms with Crippen molar-refractivity contribution in [2.45, 2.75) is 31.1 Å². The second kappa shape index (κ2) is 7.81. The Morgan fingerprint density at radius 3 is 2.53 bits per heavy atom. The number of amides is 1. The van der Waals surface area contributed by atoms with E-state index in [-0.39, 0.29) is 48.7 Å². The Morgan fingerprint density at radius 2 is 1.83 bits per heavy atom. The fraction of sp³-hybridized carbons (Fsp3) is 0.429. The minimum atomic E-state index is -3.05. The van der Waals surface area contributed by atoms with E-state index in [2.05, 4.69) is 10.3 Å². The second-order valence-electron chi connectivity index (χ2n) is 8.13. The first-order valence-corrected chi connectivity index (χ1v) is 11.8. The van der Waals surface area contributed by atoms with E-state index in [0.717, 1.165) is 36.1 Å². The molecule has 0 radical (unpaired) electrons. The summed E-state index contributed by atoms with van der Waals surface area (Å²) >= 11 is 0. The lowest BCUT2D eigenvalue weighted by Gasteiger charge is -2.28. The molecular weight excluding hydrogens is 429 g/mol. The quantitative estimate of drug-likeness (QED) is 0.771. The molecule has 3 aliphatic rings. The van der Waals surface area contributed by atoms with Crippen LogP contribution in [0.1, 0.15) is 52.7 Å². The van der Waals surface area contributed by atoms with Gasteiger partial charge in [-0.05, 0) is 60.4 Å². The number of rotatable bonds is 3. The van der Waals surface area contributed by atoms with Crippen LogP contribution < -0.4 is 5.32 Å². The third-order valence-electron chi connectivity index (χ3n) is 6.35. The van der Waals surface area contributed by atoms with Gasteiger partial charge in [0.2, 0.25) is 0 Å². The third kappa shape index (κ3) is 3.67. The smallest absolute Gasteiger partial charge is 0.272 e. The van der Waals surface area contributed by atoms with E-state index in [1.54, 1.807) is 23.2 Å². The summed E-state index contributed by atoms with van der Waals surface area (Å²) in [4.78, 5) is 19.3. The Kier molecular flexibility index (Phi) is 5.48. The predicted octanol–water partition coefficient (Wildman–Crippen LogP) is 3.62. The highest BCUT2D eigenvalue weighted by molar-refractivity contribution is 7.91. The fourth-order valence-electron chi connectivity index (χ4n) is 4.96. The van der Waals surface area contributed by atoms with Crippen molar-refractivity contribution < 1.29 is 17.6 Å². The molecule has 2 aliphatic carbocycles. The van der Waals surface area contributed by atoms with Crippen molar-refractivity contribution in [2.24, 2.45) is 0 Å². The number of carbonyl (C=O) groups is 1. The van der Waals surface area contributed by atoms with Crippen LogP contribution in [0.2, 0.25) is 0 Å². The maximum atomic E-state index is 13.6. The maximum absolute atomic E-state index is 13.6. The first-order chi connectivity index (χ1) is 13.9. The van der Waals surface area contributed by atoms with E-state index in [1.807, 2.05) is 0 Å². The molecule has 2 aromatic rings. The second-order valence-corrected chi connectivity index (χ2v) is 10.4. The van der Waals surface area contributed by atoms with Gasteiger partial charge in [-0.25, -0.2) is 17.8 Å². The van der Waals surface area contributed by atoms with Crippen LogP contribution in [0.3, 0.4) is 0 Å². The molecule has 5 rings (SSSR count). The van der Waals surface area contributed by atoms with Crippen LogP contribution in [0.5, 0.6) is 0 Å². The lowest BCUT2D eigenvalue weighted by molar-refractivity contribution is 0.0762. The molecule has 2 bridgehead atoms. The number of carbonyl (C=O) groups excluding carboxylic acids is 1. The number of benzene rings is 1. The Bertz CT molecular complexity index is 1090. The molecule has 2 heterocycles. The van der Waals surface area contributed by atoms with E-state index in [4.69, 9.17) is 0 Å². The summed E-state index contributed by atoms with van der Waals surface area (Å²) in [6.45, 7) is 0.435. The molecule has 1 N–H and O–H groups in total. The average Bonchev–Trinajstić information content (AvgIpc) is 3.30. The average molecular weight is 452 g/mol. The maximum Gasteiger partial charge on any atom is 0.272 e. The summed E-state index contributed by atoms with van der Waals surface area (Å²) in [5.74, 6) is 0.207. The molecule has 2 unspecified atom stereocenters. The van der Waals surface area contributed by atoms with Crippen molar-refractivity contribution in [1.29, 1.82) is 0 Å². The number of hydrogen-bond donors (Lipinski definition) is 1. The van der Waals surface area contributed by atoms with Crippen molar-refractivity contribution in [3.05, 3.63) is 53.1 Å². The topological polar surface area (TPSA) is 79.4 Å². The zero-order valence-corrected chi connectivity index (χ0v) is 17.9. The minimum Gasteiger partial charge on any atom is -0.354 e. The van der Waals surface area contributed by atoms with Crippen LogP contribution in [0, 0.1) is 5.82 Å². The van der Waals surface area contributed by atoms with Gasteiger partial charge in [0, 0.05) is 18.8 Å². The number of nitrogens with one attached hydrogen (secondary N) is 1. The van der Waals surface area contributed by atoms with Gasteiger partial charge in [0.15, 0.2) is 9.84 Å². The van der Waals surface area contributed by atoms with E-state index in [9.17, 15) is 17.6 Å². The molecule has 30 heavy (non-hydrogen) atoms. The zero-order valence-electron chi connectivity index (χ0n) is 16.3. The number of fused-ring (bicyclic) bond motifs is 5. The van der Waals surface area contributed by atoms with Crippen molar-refractivity contribution in [3.63, 3.8) is 0 Å². The number of pyridine rings is 1. The molecule has 1 aromatic carbocycles. The summed E-state index contributed by atoms with van der Waals surface area (Å²) in [5.41, 5.74) is 4.05. The molecular formula is C21H23ClFN3O3S. The monoisotopic (exact) mass is 451 g/mol. The highest BCUT2D eigenvalue weighted by atomic mass is 35.5. The summed E-state index contributed by atoms with van der Waals surface area (Å²) in [5, 5.41) is 3.28. The SMILES string of the molecule is Cl.O=C(c1ncc(Nc2cccc(F)c2)c2c1C1CCC2C1)N1CCS(=O)(=O)CC1. The van der Waals surface area contributed by atoms with Crippen molar-refractivity contribution in [2.75, 3.05) is 29.9 Å². The van der Waals surface area contributed by atoms with E-state index in [0.29, 0.717) is 23.2 Å². The molecule has 160 valence electrons. The van der Waals surface area contributed by atoms with E-state index < -0.39 is 9.84 Å². The van der Waals surface area contributed by atoms with Gasteiger partial charge in [0.25, 0.3) is 5.91 Å². The normalized spacial score (nSPS) is 23.6. The van der Waals surface area contributed by atoms with Crippen LogP contribution in [0.25, 0.3) is 0 Å². The number of hydrogen-bond acceptors (Lipinski definition) is 5. The molecule has 2 atom stereocenters. The van der Waals surface area contributed by atoms with Gasteiger partial charge in [0.1, 0.15) is 11.5 Å². The van der Waals surface area contributed by atoms with Gasteiger partial charge in [-0.3, -0.25) is 4.79 Å². The van der Waals surface area contributed by atoms with E-state index >= 15 is 0 Å². The molecule has 2 fully saturated rings. The van der Waals surface area contributed by atoms with Crippen molar-refractivity contribution in [1.82, 2.24) is 9.88 Å². The van der Waals surface area contributed by atoms with Crippen LogP contribution in [-0.4, -0.2) is 48.8 Å². The highest BCUT2D eigenvalue weighted by Crippen LogP contribution is 2.56. The van der Waals surface area contributed by atoms with Gasteiger partial charge >= 0.3 is 0 Å². The fourth-order valence-corrected chi connectivity index (χ4v) is 6.16. The zero-order chi connectivity index (χ0) is 20.2. The number of halogens is 2. The number of nitrogens with zero attached hydrogens (tertiary/aromatic N) is 2. The minimum absolute atomic E-state index is 0.